The Kier molecular flexibility index (Phi) is 24.6. The van der Waals surface area contributed by atoms with Gasteiger partial charge in [0.05, 0.1) is 53.5 Å². The van der Waals surface area contributed by atoms with E-state index in [-0.39, 0.29) is 0 Å². The summed E-state index contributed by atoms with van der Waals surface area (Å²) in [6, 6.07) is 0. The molecule has 0 bridgehead atoms. The van der Waals surface area contributed by atoms with Crippen molar-refractivity contribution in [2.75, 3.05) is 23.0 Å². The van der Waals surface area contributed by atoms with Gasteiger partial charge in [0.15, 0.2) is 0 Å². The van der Waals surface area contributed by atoms with Gasteiger partial charge < -0.3 is 0 Å². The van der Waals surface area contributed by atoms with Gasteiger partial charge in [0, 0.05) is 0 Å². The standard InChI is InChI=1S/C44H56S13/c1-7-13-19-33-34(20-14-8-2)36(24-22-32-30-50-42(52-32)44-56-39(47-27-17-11-5)40(57-44)48-28-18-12-6)53-35(33)23-21-31-29-49-41(51-31)43-54-37(45-25-15-9-3)38(55-43)46-26-16-10-4/h29-30H,7-20,25-28H2,1-6H3. The van der Waals surface area contributed by atoms with Crippen LogP contribution in [0.4, 0.5) is 0 Å². The number of thiophene rings is 1. The first-order chi connectivity index (χ1) is 28.0. The molecule has 4 aliphatic heterocycles. The molecule has 0 aliphatic carbocycles. The average Bonchev–Trinajstić information content (AvgIpc) is 4.07. The van der Waals surface area contributed by atoms with E-state index in [0.717, 1.165) is 12.8 Å². The van der Waals surface area contributed by atoms with Crippen LogP contribution in [-0.4, -0.2) is 23.0 Å². The Morgan fingerprint density at radius 3 is 1.05 bits per heavy atom. The van der Waals surface area contributed by atoms with Crippen LogP contribution in [0.3, 0.4) is 0 Å². The average molecular weight is 1000 g/mol. The first-order valence-corrected chi connectivity index (χ1v) is 31.9. The van der Waals surface area contributed by atoms with Crippen LogP contribution >= 0.6 is 152 Å². The van der Waals surface area contributed by atoms with E-state index in [9.17, 15) is 0 Å². The van der Waals surface area contributed by atoms with Crippen LogP contribution in [0, 0.1) is 23.7 Å². The summed E-state index contributed by atoms with van der Waals surface area (Å²) in [6.45, 7) is 13.8. The summed E-state index contributed by atoms with van der Waals surface area (Å²) in [5.74, 6) is 19.6. The van der Waals surface area contributed by atoms with Crippen molar-refractivity contribution in [1.82, 2.24) is 0 Å². The predicted octanol–water partition coefficient (Wildman–Crippen LogP) is 19.4. The zero-order valence-electron chi connectivity index (χ0n) is 34.2. The third-order valence-corrected chi connectivity index (χ3v) is 26.7. The van der Waals surface area contributed by atoms with E-state index in [1.807, 2.05) is 105 Å². The third-order valence-electron chi connectivity index (χ3n) is 8.56. The van der Waals surface area contributed by atoms with Crippen LogP contribution in [0.25, 0.3) is 0 Å². The lowest BCUT2D eigenvalue weighted by molar-refractivity contribution is 0.760. The number of rotatable bonds is 22. The summed E-state index contributed by atoms with van der Waals surface area (Å²) in [5, 5.41) is 4.57. The maximum absolute atomic E-state index is 3.71. The molecule has 0 unspecified atom stereocenters. The second kappa shape index (κ2) is 28.3. The molecule has 4 aliphatic rings. The molecule has 0 spiro atoms. The fourth-order valence-electron chi connectivity index (χ4n) is 5.28. The van der Waals surface area contributed by atoms with E-state index >= 15 is 0 Å². The molecule has 0 nitrogen and oxygen atoms in total. The summed E-state index contributed by atoms with van der Waals surface area (Å²) in [7, 11) is 0. The van der Waals surface area contributed by atoms with Gasteiger partial charge in [-0.25, -0.2) is 0 Å². The molecule has 0 fully saturated rings. The molecule has 0 radical (unpaired) electrons. The Hall–Kier alpha value is 1.46. The lowest BCUT2D eigenvalue weighted by Gasteiger charge is -2.05. The van der Waals surface area contributed by atoms with Crippen molar-refractivity contribution in [3.05, 3.63) is 75.4 Å². The number of thioether (sulfide) groups is 12. The number of hydrogen-bond donors (Lipinski definition) is 0. The minimum atomic E-state index is 1.09. The summed E-state index contributed by atoms with van der Waals surface area (Å²) in [5.41, 5.74) is 2.93. The molecule has 0 saturated heterocycles. The predicted molar refractivity (Wildman–Crippen MR) is 290 cm³/mol. The lowest BCUT2D eigenvalue weighted by Crippen LogP contribution is -1.95. The van der Waals surface area contributed by atoms with Gasteiger partial charge >= 0.3 is 0 Å². The maximum atomic E-state index is 3.71. The van der Waals surface area contributed by atoms with Gasteiger partial charge in [0.1, 0.15) is 0 Å². The first-order valence-electron chi connectivity index (χ1n) is 20.5. The molecule has 0 amide bonds. The van der Waals surface area contributed by atoms with Gasteiger partial charge in [-0.05, 0) is 108 Å². The second-order valence-corrected chi connectivity index (χ2v) is 28.8. The van der Waals surface area contributed by atoms with Gasteiger partial charge in [0.25, 0.3) is 0 Å². The van der Waals surface area contributed by atoms with Crippen LogP contribution in [0.5, 0.6) is 0 Å². The van der Waals surface area contributed by atoms with Crippen molar-refractivity contribution in [2.24, 2.45) is 0 Å². The molecular weight excluding hydrogens is 945 g/mol. The van der Waals surface area contributed by atoms with Crippen LogP contribution in [0.15, 0.2) is 54.5 Å². The van der Waals surface area contributed by atoms with E-state index in [4.69, 9.17) is 0 Å². The molecule has 13 heteroatoms. The van der Waals surface area contributed by atoms with Crippen molar-refractivity contribution in [1.29, 1.82) is 0 Å². The van der Waals surface area contributed by atoms with E-state index in [1.165, 1.54) is 165 Å². The van der Waals surface area contributed by atoms with Crippen LogP contribution in [0.1, 0.15) is 139 Å². The van der Waals surface area contributed by atoms with Gasteiger partial charge in [0.2, 0.25) is 0 Å². The largest absolute Gasteiger partial charge is 0.117 e. The van der Waals surface area contributed by atoms with Crippen molar-refractivity contribution in [3.63, 3.8) is 0 Å². The Morgan fingerprint density at radius 2 is 0.737 bits per heavy atom. The van der Waals surface area contributed by atoms with Crippen LogP contribution < -0.4 is 0 Å². The maximum Gasteiger partial charge on any atom is 0.0820 e. The molecule has 0 N–H and O–H groups in total. The zero-order chi connectivity index (χ0) is 40.2. The highest BCUT2D eigenvalue weighted by Gasteiger charge is 2.29. The molecule has 1 aromatic rings. The fraction of sp³-hybridized carbons (Fsp3) is 0.545. The highest BCUT2D eigenvalue weighted by Crippen LogP contribution is 2.64. The summed E-state index contributed by atoms with van der Waals surface area (Å²) >= 11 is 25.6. The Morgan fingerprint density at radius 1 is 0.404 bits per heavy atom. The molecule has 1 aromatic heterocycles. The molecule has 0 saturated carbocycles. The van der Waals surface area contributed by atoms with E-state index in [2.05, 4.69) is 123 Å². The third kappa shape index (κ3) is 15.9. The SMILES string of the molecule is CCCCSC1=C(SCCCC)SC(=C2SC=C(C#Cc3sc(C#CC4=CSC(=C5SC(SCCCC)=C(SCCCC)S5)S4)c(CCCC)c3CCCC)S2)S1. The smallest absolute Gasteiger partial charge is 0.0820 e. The minimum absolute atomic E-state index is 1.09. The van der Waals surface area contributed by atoms with Crippen LogP contribution in [-0.2, 0) is 12.8 Å². The van der Waals surface area contributed by atoms with Crippen molar-refractivity contribution >= 4 is 152 Å². The van der Waals surface area contributed by atoms with E-state index < -0.39 is 0 Å². The molecule has 57 heavy (non-hydrogen) atoms. The normalized spacial score (nSPS) is 16.9. The fourth-order valence-corrected chi connectivity index (χ4v) is 23.5. The van der Waals surface area contributed by atoms with Gasteiger partial charge in [-0.1, -0.05) is 186 Å². The van der Waals surface area contributed by atoms with Crippen molar-refractivity contribution in [2.45, 2.75) is 131 Å². The summed E-state index contributed by atoms with van der Waals surface area (Å²) in [6.07, 6.45) is 17.1. The second-order valence-electron chi connectivity index (χ2n) is 13.3. The molecular formula is C44H56S13. The molecule has 5 rings (SSSR count). The van der Waals surface area contributed by atoms with Crippen molar-refractivity contribution in [3.8, 4) is 23.7 Å². The number of hydrogen-bond acceptors (Lipinski definition) is 13. The highest BCUT2D eigenvalue weighted by molar-refractivity contribution is 8.43. The highest BCUT2D eigenvalue weighted by atomic mass is 32.3. The van der Waals surface area contributed by atoms with Gasteiger partial charge in [-0.15, -0.1) is 58.4 Å². The van der Waals surface area contributed by atoms with E-state index in [1.54, 1.807) is 0 Å². The lowest BCUT2D eigenvalue weighted by atomic mass is 9.98. The van der Waals surface area contributed by atoms with Gasteiger partial charge in [-0.3, -0.25) is 0 Å². The Labute approximate surface area is 401 Å². The summed E-state index contributed by atoms with van der Waals surface area (Å²) in [4.78, 5) is 4.82. The Bertz CT molecular complexity index is 1650. The van der Waals surface area contributed by atoms with Crippen LogP contribution in [0.2, 0.25) is 0 Å². The minimum Gasteiger partial charge on any atom is -0.117 e. The summed E-state index contributed by atoms with van der Waals surface area (Å²) < 4.78 is 11.8. The molecule has 0 atom stereocenters. The zero-order valence-corrected chi connectivity index (χ0v) is 44.8. The molecule has 0 aromatic carbocycles. The monoisotopic (exact) mass is 1000 g/mol. The van der Waals surface area contributed by atoms with Crippen molar-refractivity contribution < 1.29 is 0 Å². The number of allylic oxidation sites excluding steroid dienone is 2. The topological polar surface area (TPSA) is 0 Å². The number of unbranched alkanes of at least 4 members (excludes halogenated alkanes) is 6. The van der Waals surface area contributed by atoms with Gasteiger partial charge in [-0.2, -0.15) is 0 Å². The first kappa shape index (κ1) is 49.5. The Balaban J connectivity index is 1.30. The quantitative estimate of drug-likeness (QED) is 0.0802. The molecule has 5 heterocycles. The van der Waals surface area contributed by atoms with E-state index in [0.29, 0.717) is 0 Å². The molecule has 310 valence electrons.